The Morgan fingerprint density at radius 1 is 1.25 bits per heavy atom. The smallest absolute Gasteiger partial charge is 0.251 e. The molecule has 102 valence electrons. The van der Waals surface area contributed by atoms with Gasteiger partial charge in [-0.05, 0) is 36.4 Å². The Labute approximate surface area is 128 Å². The van der Waals surface area contributed by atoms with Gasteiger partial charge in [-0.25, -0.2) is 4.39 Å². The van der Waals surface area contributed by atoms with E-state index in [1.54, 1.807) is 30.3 Å². The van der Waals surface area contributed by atoms with Crippen LogP contribution in [0.25, 0.3) is 0 Å². The lowest BCUT2D eigenvalue weighted by molar-refractivity contribution is -0.116. The van der Waals surface area contributed by atoms with E-state index in [-0.39, 0.29) is 11.6 Å². The van der Waals surface area contributed by atoms with Gasteiger partial charge in [-0.15, -0.1) is 0 Å². The maximum absolute atomic E-state index is 13.8. The predicted octanol–water partition coefficient (Wildman–Crippen LogP) is 4.35. The summed E-state index contributed by atoms with van der Waals surface area (Å²) in [5.74, 6) is -0.660. The van der Waals surface area contributed by atoms with Gasteiger partial charge in [0, 0.05) is 20.7 Å². The number of nitrogens with one attached hydrogen (secondary N) is 2. The maximum Gasteiger partial charge on any atom is 0.251 e. The van der Waals surface area contributed by atoms with Crippen LogP contribution in [0.15, 0.2) is 40.9 Å². The van der Waals surface area contributed by atoms with Crippen molar-refractivity contribution in [3.8, 4) is 0 Å². The molecule has 3 rings (SSSR count). The Balaban J connectivity index is 1.95. The van der Waals surface area contributed by atoms with Crippen LogP contribution < -0.4 is 10.6 Å². The first-order valence-electron chi connectivity index (χ1n) is 5.86. The molecule has 0 aliphatic carbocycles. The van der Waals surface area contributed by atoms with Gasteiger partial charge in [-0.3, -0.25) is 4.79 Å². The van der Waals surface area contributed by atoms with E-state index in [1.807, 2.05) is 0 Å². The van der Waals surface area contributed by atoms with E-state index in [0.717, 1.165) is 0 Å². The molecule has 1 amide bonds. The molecule has 0 saturated heterocycles. The van der Waals surface area contributed by atoms with Crippen molar-refractivity contribution >= 4 is 44.8 Å². The fourth-order valence-electron chi connectivity index (χ4n) is 2.14. The number of benzene rings is 2. The number of rotatable bonds is 2. The van der Waals surface area contributed by atoms with Crippen molar-refractivity contribution in [1.29, 1.82) is 0 Å². The molecule has 0 saturated carbocycles. The second-order valence-corrected chi connectivity index (χ2v) is 5.77. The minimum Gasteiger partial charge on any atom is -0.368 e. The minimum absolute atomic E-state index is 0.232. The first-order valence-corrected chi connectivity index (χ1v) is 7.03. The second kappa shape index (κ2) is 5.07. The van der Waals surface area contributed by atoms with Crippen LogP contribution in [0.2, 0.25) is 5.02 Å². The van der Waals surface area contributed by atoms with Crippen LogP contribution in [0, 0.1) is 5.82 Å². The highest BCUT2D eigenvalue weighted by atomic mass is 79.9. The van der Waals surface area contributed by atoms with Crippen molar-refractivity contribution in [3.63, 3.8) is 0 Å². The van der Waals surface area contributed by atoms with Crippen molar-refractivity contribution in [2.75, 3.05) is 10.6 Å². The summed E-state index contributed by atoms with van der Waals surface area (Å²) in [6.45, 7) is 0. The molecule has 3 nitrogen and oxygen atoms in total. The van der Waals surface area contributed by atoms with Crippen molar-refractivity contribution in [3.05, 3.63) is 57.3 Å². The highest BCUT2D eigenvalue weighted by Crippen LogP contribution is 2.35. The Morgan fingerprint density at radius 2 is 2.05 bits per heavy atom. The van der Waals surface area contributed by atoms with E-state index < -0.39 is 11.9 Å². The summed E-state index contributed by atoms with van der Waals surface area (Å²) in [4.78, 5) is 12.0. The van der Waals surface area contributed by atoms with Gasteiger partial charge in [0.2, 0.25) is 0 Å². The molecular weight excluding hydrogens is 347 g/mol. The first kappa shape index (κ1) is 13.4. The number of hydrogen-bond donors (Lipinski definition) is 2. The van der Waals surface area contributed by atoms with Crippen molar-refractivity contribution in [2.45, 2.75) is 6.04 Å². The summed E-state index contributed by atoms with van der Waals surface area (Å²) in [7, 11) is 0. The third-order valence-corrected chi connectivity index (χ3v) is 3.80. The molecule has 0 aromatic heterocycles. The monoisotopic (exact) mass is 354 g/mol. The highest BCUT2D eigenvalue weighted by molar-refractivity contribution is 9.10. The van der Waals surface area contributed by atoms with Crippen LogP contribution in [0.5, 0.6) is 0 Å². The van der Waals surface area contributed by atoms with Gasteiger partial charge >= 0.3 is 0 Å². The van der Waals surface area contributed by atoms with Crippen molar-refractivity contribution < 1.29 is 9.18 Å². The fourth-order valence-corrected chi connectivity index (χ4v) is 2.65. The largest absolute Gasteiger partial charge is 0.368 e. The van der Waals surface area contributed by atoms with E-state index in [4.69, 9.17) is 11.6 Å². The highest BCUT2D eigenvalue weighted by Gasteiger charge is 2.31. The van der Waals surface area contributed by atoms with Gasteiger partial charge in [0.05, 0.1) is 5.69 Å². The molecule has 0 radical (unpaired) electrons. The van der Waals surface area contributed by atoms with E-state index in [1.165, 1.54) is 6.07 Å². The third-order valence-electron chi connectivity index (χ3n) is 3.08. The number of carbonyl (C=O) groups is 1. The van der Waals surface area contributed by atoms with Gasteiger partial charge in [-0.1, -0.05) is 27.5 Å². The summed E-state index contributed by atoms with van der Waals surface area (Å²) in [5.41, 5.74) is 1.67. The third kappa shape index (κ3) is 2.39. The van der Waals surface area contributed by atoms with E-state index in [0.29, 0.717) is 20.7 Å². The predicted molar refractivity (Wildman–Crippen MR) is 80.5 cm³/mol. The number of fused-ring (bicyclic) bond motifs is 1. The van der Waals surface area contributed by atoms with Gasteiger partial charge in [-0.2, -0.15) is 0 Å². The Hall–Kier alpha value is -1.59. The van der Waals surface area contributed by atoms with E-state index >= 15 is 0 Å². The SMILES string of the molecule is O=C1Nc2ccc(Cl)cc2C1Nc1ccc(Br)cc1F. The maximum atomic E-state index is 13.8. The average Bonchev–Trinajstić information content (AvgIpc) is 2.69. The summed E-state index contributed by atoms with van der Waals surface area (Å²) in [6, 6.07) is 9.10. The quantitative estimate of drug-likeness (QED) is 0.841. The molecule has 1 unspecified atom stereocenters. The van der Waals surface area contributed by atoms with Gasteiger partial charge in [0.1, 0.15) is 11.9 Å². The molecule has 1 aliphatic rings. The minimum atomic E-state index is -0.653. The molecule has 6 heteroatoms. The van der Waals surface area contributed by atoms with Crippen LogP contribution in [0.3, 0.4) is 0 Å². The average molecular weight is 356 g/mol. The lowest BCUT2D eigenvalue weighted by atomic mass is 10.1. The van der Waals surface area contributed by atoms with Crippen LogP contribution in [-0.2, 0) is 4.79 Å². The number of carbonyl (C=O) groups excluding carboxylic acids is 1. The van der Waals surface area contributed by atoms with Crippen LogP contribution in [0.1, 0.15) is 11.6 Å². The molecule has 0 spiro atoms. The number of hydrogen-bond acceptors (Lipinski definition) is 2. The molecule has 1 atom stereocenters. The van der Waals surface area contributed by atoms with E-state index in [2.05, 4.69) is 26.6 Å². The molecule has 2 aromatic rings. The standard InChI is InChI=1S/C14H9BrClFN2O/c15-7-1-3-12(10(17)5-7)18-13-9-6-8(16)2-4-11(9)19-14(13)20/h1-6,13,18H,(H,19,20). The van der Waals surface area contributed by atoms with Gasteiger partial charge in [0.15, 0.2) is 0 Å². The Morgan fingerprint density at radius 3 is 2.80 bits per heavy atom. The summed E-state index contributed by atoms with van der Waals surface area (Å²) in [6.07, 6.45) is 0. The lowest BCUT2D eigenvalue weighted by Crippen LogP contribution is -2.20. The zero-order valence-corrected chi connectivity index (χ0v) is 12.4. The normalized spacial score (nSPS) is 16.8. The van der Waals surface area contributed by atoms with Crippen molar-refractivity contribution in [2.24, 2.45) is 0 Å². The fraction of sp³-hybridized carbons (Fsp3) is 0.0714. The number of amides is 1. The molecule has 20 heavy (non-hydrogen) atoms. The summed E-state index contributed by atoms with van der Waals surface area (Å²) < 4.78 is 14.5. The van der Waals surface area contributed by atoms with E-state index in [9.17, 15) is 9.18 Å². The van der Waals surface area contributed by atoms with Crippen LogP contribution >= 0.6 is 27.5 Å². The number of anilines is 2. The molecule has 1 aliphatic heterocycles. The Bertz CT molecular complexity index is 708. The molecule has 2 aromatic carbocycles. The van der Waals surface area contributed by atoms with Crippen LogP contribution in [0.4, 0.5) is 15.8 Å². The summed E-state index contributed by atoms with van der Waals surface area (Å²) in [5, 5.41) is 6.17. The summed E-state index contributed by atoms with van der Waals surface area (Å²) >= 11 is 9.14. The molecule has 0 fully saturated rings. The van der Waals surface area contributed by atoms with Crippen LogP contribution in [-0.4, -0.2) is 5.91 Å². The molecule has 1 heterocycles. The van der Waals surface area contributed by atoms with Crippen molar-refractivity contribution in [1.82, 2.24) is 0 Å². The molecule has 0 bridgehead atoms. The number of halogens is 3. The molecule has 2 N–H and O–H groups in total. The molecular formula is C14H9BrClFN2O. The van der Waals surface area contributed by atoms with Gasteiger partial charge in [0.25, 0.3) is 5.91 Å². The van der Waals surface area contributed by atoms with Gasteiger partial charge < -0.3 is 10.6 Å². The zero-order chi connectivity index (χ0) is 14.3. The second-order valence-electron chi connectivity index (χ2n) is 4.42. The Kier molecular flexibility index (Phi) is 3.40. The topological polar surface area (TPSA) is 41.1 Å². The first-order chi connectivity index (χ1) is 9.54. The lowest BCUT2D eigenvalue weighted by Gasteiger charge is -2.14. The zero-order valence-electron chi connectivity index (χ0n) is 10.1.